The van der Waals surface area contributed by atoms with E-state index >= 15 is 0 Å². The zero-order valence-electron chi connectivity index (χ0n) is 21.0. The van der Waals surface area contributed by atoms with Crippen molar-refractivity contribution in [3.05, 3.63) is 112 Å². The summed E-state index contributed by atoms with van der Waals surface area (Å²) in [5.74, 6) is 3.28. The summed E-state index contributed by atoms with van der Waals surface area (Å²) in [6, 6.07) is 24.4. The molecule has 2 heterocycles. The van der Waals surface area contributed by atoms with E-state index in [9.17, 15) is 4.79 Å². The molecule has 0 spiro atoms. The Kier molecular flexibility index (Phi) is 7.48. The number of fused-ring (bicyclic) bond motifs is 1. The van der Waals surface area contributed by atoms with E-state index in [4.69, 9.17) is 38.6 Å². The third-order valence-corrected chi connectivity index (χ3v) is 6.81. The number of furan rings is 1. The number of aromatic nitrogens is 2. The van der Waals surface area contributed by atoms with Crippen LogP contribution in [0.1, 0.15) is 51.8 Å². The lowest BCUT2D eigenvalue weighted by Gasteiger charge is -2.20. The molecule has 0 radical (unpaired) electrons. The molecule has 0 aliphatic rings. The van der Waals surface area contributed by atoms with Crippen molar-refractivity contribution >= 4 is 34.4 Å². The molecule has 194 valence electrons. The Hall–Kier alpha value is -4.80. The fourth-order valence-corrected chi connectivity index (χ4v) is 4.79. The number of H-pyrrole nitrogens is 1. The van der Waals surface area contributed by atoms with E-state index in [0.29, 0.717) is 30.7 Å². The van der Waals surface area contributed by atoms with Gasteiger partial charge in [-0.3, -0.25) is 10.2 Å². The maximum absolute atomic E-state index is 12.2. The number of aromatic amines is 1. The quantitative estimate of drug-likeness (QED) is 0.0790. The molecule has 0 saturated carbocycles. The molecule has 39 heavy (non-hydrogen) atoms. The number of imidazole rings is 1. The zero-order valence-corrected chi connectivity index (χ0v) is 21.8. The number of benzene rings is 3. The van der Waals surface area contributed by atoms with Gasteiger partial charge in [0.2, 0.25) is 5.91 Å². The second-order valence-electron chi connectivity index (χ2n) is 9.13. The molecule has 1 unspecified atom stereocenters. The highest BCUT2D eigenvalue weighted by molar-refractivity contribution is 6.29. The van der Waals surface area contributed by atoms with E-state index in [1.54, 1.807) is 18.2 Å². The Morgan fingerprint density at radius 1 is 1.13 bits per heavy atom. The summed E-state index contributed by atoms with van der Waals surface area (Å²) in [7, 11) is 0. The molecular formula is C31H26ClN5O2. The number of nitrogens with one attached hydrogen (secondary N) is 3. The zero-order chi connectivity index (χ0) is 27.4. The number of halogens is 1. The SMILES string of the molecule is C#Cc1ccc(-c2ccc(C(N)=O)cc2C(CCCNC(=N)c2ccc(Cl)o2)c2nc3ccccc3[nH]2)cc1. The molecule has 1 amide bonds. The fourth-order valence-electron chi connectivity index (χ4n) is 4.65. The van der Waals surface area contributed by atoms with Crippen molar-refractivity contribution in [1.82, 2.24) is 15.3 Å². The minimum absolute atomic E-state index is 0.159. The standard InChI is InChI=1S/C31H26ClN5O2/c1-2-19-9-11-20(12-10-19)22-14-13-21(30(34)38)18-24(22)23(31-36-25-7-3-4-8-26(25)37-31)6-5-17-35-29(33)27-15-16-28(32)39-27/h1,3-4,7-16,18,23H,5-6,17H2,(H2,33,35)(H2,34,38)(H,36,37). The normalized spacial score (nSPS) is 11.7. The first-order valence-corrected chi connectivity index (χ1v) is 12.8. The van der Waals surface area contributed by atoms with E-state index < -0.39 is 5.91 Å². The van der Waals surface area contributed by atoms with Crippen molar-refractivity contribution < 1.29 is 9.21 Å². The number of carbonyl (C=O) groups is 1. The number of nitrogens with two attached hydrogens (primary N) is 1. The van der Waals surface area contributed by atoms with Gasteiger partial charge in [-0.05, 0) is 89.7 Å². The van der Waals surface area contributed by atoms with Gasteiger partial charge in [-0.25, -0.2) is 4.98 Å². The first-order chi connectivity index (χ1) is 18.9. The lowest BCUT2D eigenvalue weighted by atomic mass is 9.85. The minimum Gasteiger partial charge on any atom is -0.441 e. The van der Waals surface area contributed by atoms with E-state index in [1.807, 2.05) is 60.7 Å². The Bertz CT molecular complexity index is 1660. The molecule has 0 aliphatic heterocycles. The molecular weight excluding hydrogens is 510 g/mol. The predicted molar refractivity (Wildman–Crippen MR) is 154 cm³/mol. The number of nitrogens with zero attached hydrogens (tertiary/aromatic N) is 1. The number of amidine groups is 1. The van der Waals surface area contributed by atoms with Gasteiger partial charge in [-0.1, -0.05) is 36.3 Å². The van der Waals surface area contributed by atoms with Crippen molar-refractivity contribution in [2.45, 2.75) is 18.8 Å². The Morgan fingerprint density at radius 3 is 2.62 bits per heavy atom. The third kappa shape index (κ3) is 5.71. The van der Waals surface area contributed by atoms with Crippen LogP contribution < -0.4 is 11.1 Å². The fraction of sp³-hybridized carbons (Fsp3) is 0.129. The molecule has 0 fully saturated rings. The van der Waals surface area contributed by atoms with Crippen LogP contribution in [0.25, 0.3) is 22.2 Å². The minimum atomic E-state index is -0.499. The number of terminal acetylenes is 1. The molecule has 5 rings (SSSR count). The number of rotatable bonds is 9. The van der Waals surface area contributed by atoms with Crippen LogP contribution in [-0.2, 0) is 0 Å². The maximum atomic E-state index is 12.2. The van der Waals surface area contributed by atoms with Crippen LogP contribution in [0.2, 0.25) is 5.22 Å². The predicted octanol–water partition coefficient (Wildman–Crippen LogP) is 6.08. The molecule has 7 nitrogen and oxygen atoms in total. The number of para-hydroxylation sites is 2. The number of carbonyl (C=O) groups excluding carboxylic acids is 1. The summed E-state index contributed by atoms with van der Waals surface area (Å²) in [5.41, 5.74) is 11.5. The van der Waals surface area contributed by atoms with Gasteiger partial charge in [0.1, 0.15) is 5.82 Å². The van der Waals surface area contributed by atoms with Crippen molar-refractivity contribution in [1.29, 1.82) is 5.41 Å². The van der Waals surface area contributed by atoms with Crippen molar-refractivity contribution in [3.8, 4) is 23.5 Å². The average molecular weight is 536 g/mol. The highest BCUT2D eigenvalue weighted by Gasteiger charge is 2.23. The number of hydrogen-bond acceptors (Lipinski definition) is 4. The van der Waals surface area contributed by atoms with Gasteiger partial charge < -0.3 is 20.5 Å². The summed E-state index contributed by atoms with van der Waals surface area (Å²) in [5, 5.41) is 11.6. The van der Waals surface area contributed by atoms with Crippen LogP contribution in [0.5, 0.6) is 0 Å². The second-order valence-corrected chi connectivity index (χ2v) is 9.50. The first kappa shape index (κ1) is 25.8. The van der Waals surface area contributed by atoms with E-state index in [0.717, 1.165) is 39.1 Å². The lowest BCUT2D eigenvalue weighted by Crippen LogP contribution is -2.24. The monoisotopic (exact) mass is 535 g/mol. The van der Waals surface area contributed by atoms with Crippen LogP contribution in [-0.4, -0.2) is 28.3 Å². The molecule has 8 heteroatoms. The summed E-state index contributed by atoms with van der Waals surface area (Å²) in [6.07, 6.45) is 6.94. The van der Waals surface area contributed by atoms with E-state index in [2.05, 4.69) is 16.2 Å². The molecule has 1 atom stereocenters. The summed E-state index contributed by atoms with van der Waals surface area (Å²) >= 11 is 5.85. The smallest absolute Gasteiger partial charge is 0.248 e. The largest absolute Gasteiger partial charge is 0.441 e. The van der Waals surface area contributed by atoms with Crippen molar-refractivity contribution in [2.75, 3.05) is 6.54 Å². The van der Waals surface area contributed by atoms with Gasteiger partial charge in [0, 0.05) is 23.6 Å². The van der Waals surface area contributed by atoms with Crippen LogP contribution in [0, 0.1) is 17.8 Å². The summed E-state index contributed by atoms with van der Waals surface area (Å²) in [4.78, 5) is 20.6. The lowest BCUT2D eigenvalue weighted by molar-refractivity contribution is 0.1000. The highest BCUT2D eigenvalue weighted by atomic mass is 35.5. The number of hydrogen-bond donors (Lipinski definition) is 4. The van der Waals surface area contributed by atoms with Gasteiger partial charge in [0.05, 0.1) is 11.0 Å². The van der Waals surface area contributed by atoms with Crippen LogP contribution in [0.15, 0.2) is 83.3 Å². The number of primary amides is 1. The Morgan fingerprint density at radius 2 is 1.92 bits per heavy atom. The third-order valence-electron chi connectivity index (χ3n) is 6.60. The summed E-state index contributed by atoms with van der Waals surface area (Å²) < 4.78 is 5.32. The van der Waals surface area contributed by atoms with Gasteiger partial charge in [0.15, 0.2) is 16.8 Å². The molecule has 0 bridgehead atoms. The molecule has 5 aromatic rings. The summed E-state index contributed by atoms with van der Waals surface area (Å²) in [6.45, 7) is 0.523. The van der Waals surface area contributed by atoms with E-state index in [1.165, 1.54) is 0 Å². The number of amides is 1. The second kappa shape index (κ2) is 11.3. The van der Waals surface area contributed by atoms with Gasteiger partial charge in [-0.15, -0.1) is 6.42 Å². The van der Waals surface area contributed by atoms with Crippen LogP contribution >= 0.6 is 11.6 Å². The highest BCUT2D eigenvalue weighted by Crippen LogP contribution is 2.37. The van der Waals surface area contributed by atoms with Gasteiger partial charge in [0.25, 0.3) is 0 Å². The van der Waals surface area contributed by atoms with Gasteiger partial charge in [-0.2, -0.15) is 0 Å². The Labute approximate surface area is 230 Å². The molecule has 2 aromatic heterocycles. The molecule has 5 N–H and O–H groups in total. The Balaban J connectivity index is 1.50. The molecule has 0 saturated heterocycles. The topological polar surface area (TPSA) is 121 Å². The first-order valence-electron chi connectivity index (χ1n) is 12.5. The van der Waals surface area contributed by atoms with Crippen molar-refractivity contribution in [2.24, 2.45) is 5.73 Å². The van der Waals surface area contributed by atoms with Crippen LogP contribution in [0.3, 0.4) is 0 Å². The maximum Gasteiger partial charge on any atom is 0.248 e. The average Bonchev–Trinajstić information content (AvgIpc) is 3.59. The molecule has 0 aliphatic carbocycles. The van der Waals surface area contributed by atoms with E-state index in [-0.39, 0.29) is 17.0 Å². The van der Waals surface area contributed by atoms with Crippen molar-refractivity contribution in [3.63, 3.8) is 0 Å². The molecule has 3 aromatic carbocycles. The van der Waals surface area contributed by atoms with Gasteiger partial charge >= 0.3 is 0 Å². The van der Waals surface area contributed by atoms with Crippen LogP contribution in [0.4, 0.5) is 0 Å².